The molecule has 4 bridgehead atoms. The highest BCUT2D eigenvalue weighted by Gasteiger charge is 2.66. The van der Waals surface area contributed by atoms with Crippen LogP contribution < -0.4 is 10.1 Å². The highest BCUT2D eigenvalue weighted by molar-refractivity contribution is 6.21. The van der Waals surface area contributed by atoms with Gasteiger partial charge in [0.05, 0.1) is 11.6 Å². The molecule has 0 unspecified atom stereocenters. The predicted octanol–water partition coefficient (Wildman–Crippen LogP) is 5.30. The molecule has 0 spiro atoms. The van der Waals surface area contributed by atoms with Crippen molar-refractivity contribution in [3.05, 3.63) is 65.8 Å². The zero-order valence-electron chi connectivity index (χ0n) is 21.3. The molecule has 4 heteroatoms. The minimum Gasteiger partial charge on any atom is -0.490 e. The van der Waals surface area contributed by atoms with Gasteiger partial charge in [-0.1, -0.05) is 50.6 Å². The topological polar surface area (TPSA) is 55.4 Å². The summed E-state index contributed by atoms with van der Waals surface area (Å²) in [6.45, 7) is 13.6. The van der Waals surface area contributed by atoms with E-state index in [9.17, 15) is 9.59 Å². The number of hydrogen-bond donors (Lipinski definition) is 1. The molecule has 1 N–H and O–H groups in total. The SMILES string of the molecule is C=C[C@@H]1C=C(C)[C@H]2[C@@H]3[C@H](Oc4ccc(cc4)C[C@H]4C=C(C(=O)N4)C(=O)[C@@H]13)[C@@H]1[C@@H](C)C[C@@H](C)C[C@]12C. The third-order valence-electron chi connectivity index (χ3n) is 9.96. The van der Waals surface area contributed by atoms with Gasteiger partial charge < -0.3 is 10.1 Å². The summed E-state index contributed by atoms with van der Waals surface area (Å²) in [4.78, 5) is 27.3. The standard InChI is InChI=1S/C31H37NO3/c1-6-20-12-18(4)26-25-24(20)28(33)23-14-21(32-30(23)34)13-19-7-9-22(10-8-19)35-29(25)27-17(3)11-16(2)15-31(26,27)5/h6-10,12,14,16-17,20-21,24-27,29H,1,11,13,15H2,2-5H3,(H,32,34)/t16-,17+,20-,21+,24+,25-,26+,27+,29+,31+/m1/s1. The van der Waals surface area contributed by atoms with Gasteiger partial charge in [-0.15, -0.1) is 6.58 Å². The molecule has 184 valence electrons. The van der Waals surface area contributed by atoms with E-state index in [1.165, 1.54) is 12.0 Å². The molecular formula is C31H37NO3. The number of hydrogen-bond acceptors (Lipinski definition) is 3. The monoisotopic (exact) mass is 471 g/mol. The number of amides is 1. The quantitative estimate of drug-likeness (QED) is 0.447. The van der Waals surface area contributed by atoms with Crippen molar-refractivity contribution in [3.63, 3.8) is 0 Å². The van der Waals surface area contributed by atoms with Crippen LogP contribution >= 0.6 is 0 Å². The third-order valence-corrected chi connectivity index (χ3v) is 9.96. The maximum Gasteiger partial charge on any atom is 0.255 e. The largest absolute Gasteiger partial charge is 0.490 e. The van der Waals surface area contributed by atoms with E-state index in [0.717, 1.165) is 17.7 Å². The Kier molecular flexibility index (Phi) is 5.18. The summed E-state index contributed by atoms with van der Waals surface area (Å²) in [7, 11) is 0. The van der Waals surface area contributed by atoms with Crippen LogP contribution in [0.4, 0.5) is 0 Å². The first kappa shape index (κ1) is 22.8. The minimum atomic E-state index is -0.342. The average molecular weight is 472 g/mol. The molecule has 10 atom stereocenters. The smallest absolute Gasteiger partial charge is 0.255 e. The molecule has 2 fully saturated rings. The fraction of sp³-hybridized carbons (Fsp3) is 0.548. The van der Waals surface area contributed by atoms with Gasteiger partial charge in [-0.3, -0.25) is 9.59 Å². The molecule has 3 aliphatic heterocycles. The molecule has 35 heavy (non-hydrogen) atoms. The van der Waals surface area contributed by atoms with Crippen LogP contribution in [0.15, 0.2) is 60.2 Å². The van der Waals surface area contributed by atoms with E-state index in [1.807, 2.05) is 12.2 Å². The van der Waals surface area contributed by atoms with Gasteiger partial charge in [0.15, 0.2) is 5.78 Å². The maximum atomic E-state index is 14.3. The van der Waals surface area contributed by atoms with Crippen molar-refractivity contribution in [3.8, 4) is 5.75 Å². The molecule has 6 aliphatic rings. The molecule has 4 nitrogen and oxygen atoms in total. The minimum absolute atomic E-state index is 0.00595. The molecule has 3 heterocycles. The number of carbonyl (C=O) groups excluding carboxylic acids is 2. The number of ether oxygens (including phenoxy) is 1. The van der Waals surface area contributed by atoms with Crippen LogP contribution in [0.5, 0.6) is 5.75 Å². The van der Waals surface area contributed by atoms with Crippen molar-refractivity contribution in [2.45, 2.75) is 59.1 Å². The van der Waals surface area contributed by atoms with Crippen LogP contribution in [0.3, 0.4) is 0 Å². The fourth-order valence-corrected chi connectivity index (χ4v) is 9.19. The van der Waals surface area contributed by atoms with Gasteiger partial charge in [0.2, 0.25) is 0 Å². The zero-order valence-corrected chi connectivity index (χ0v) is 21.3. The Morgan fingerprint density at radius 2 is 1.89 bits per heavy atom. The predicted molar refractivity (Wildman–Crippen MR) is 137 cm³/mol. The summed E-state index contributed by atoms with van der Waals surface area (Å²) in [5.74, 6) is 1.90. The van der Waals surface area contributed by atoms with Crippen LogP contribution in [-0.4, -0.2) is 23.8 Å². The number of ketones is 1. The van der Waals surface area contributed by atoms with Gasteiger partial charge >= 0.3 is 0 Å². The number of Topliss-reactive ketones (excluding diaryl/α,β-unsaturated/α-hetero) is 1. The van der Waals surface area contributed by atoms with Gasteiger partial charge in [-0.05, 0) is 73.1 Å². The Bertz CT molecular complexity index is 1150. The molecule has 1 aromatic carbocycles. The summed E-state index contributed by atoms with van der Waals surface area (Å²) >= 11 is 0. The van der Waals surface area contributed by atoms with Crippen molar-refractivity contribution in [1.29, 1.82) is 0 Å². The summed E-state index contributed by atoms with van der Waals surface area (Å²) in [5.41, 5.74) is 2.85. The van der Waals surface area contributed by atoms with E-state index in [0.29, 0.717) is 29.7 Å². The second-order valence-corrected chi connectivity index (χ2v) is 12.3. The van der Waals surface area contributed by atoms with Crippen molar-refractivity contribution >= 4 is 11.7 Å². The molecule has 0 aromatic heterocycles. The lowest BCUT2D eigenvalue weighted by Gasteiger charge is -2.48. The first-order valence-corrected chi connectivity index (χ1v) is 13.3. The second kappa shape index (κ2) is 7.94. The van der Waals surface area contributed by atoms with Gasteiger partial charge in [-0.25, -0.2) is 0 Å². The lowest BCUT2D eigenvalue weighted by atomic mass is 9.55. The maximum absolute atomic E-state index is 14.3. The molecule has 0 radical (unpaired) electrons. The highest BCUT2D eigenvalue weighted by atomic mass is 16.5. The van der Waals surface area contributed by atoms with Crippen molar-refractivity contribution in [2.24, 2.45) is 46.8 Å². The van der Waals surface area contributed by atoms with Crippen LogP contribution in [0.1, 0.15) is 46.1 Å². The zero-order chi connectivity index (χ0) is 24.6. The lowest BCUT2D eigenvalue weighted by Crippen LogP contribution is -2.45. The molecular weight excluding hydrogens is 434 g/mol. The third kappa shape index (κ3) is 3.32. The first-order chi connectivity index (χ1) is 16.7. The molecule has 7 rings (SSSR count). The van der Waals surface area contributed by atoms with Crippen LogP contribution in [-0.2, 0) is 16.0 Å². The normalized spacial score (nSPS) is 43.9. The molecule has 2 saturated carbocycles. The van der Waals surface area contributed by atoms with E-state index >= 15 is 0 Å². The number of carbonyl (C=O) groups is 2. The average Bonchev–Trinajstić information content (AvgIpc) is 3.29. The number of allylic oxidation sites excluding steroid dienone is 3. The Morgan fingerprint density at radius 3 is 2.60 bits per heavy atom. The fourth-order valence-electron chi connectivity index (χ4n) is 9.19. The van der Waals surface area contributed by atoms with E-state index in [1.54, 1.807) is 0 Å². The highest BCUT2D eigenvalue weighted by Crippen LogP contribution is 2.67. The number of fused-ring (bicyclic) bond motifs is 4. The molecule has 3 aliphatic carbocycles. The first-order valence-electron chi connectivity index (χ1n) is 13.3. The lowest BCUT2D eigenvalue weighted by molar-refractivity contribution is -0.127. The van der Waals surface area contributed by atoms with E-state index in [4.69, 9.17) is 4.74 Å². The molecule has 0 saturated heterocycles. The molecule has 1 aromatic rings. The van der Waals surface area contributed by atoms with Crippen LogP contribution in [0, 0.1) is 46.8 Å². The Morgan fingerprint density at radius 1 is 1.14 bits per heavy atom. The van der Waals surface area contributed by atoms with Crippen LogP contribution in [0.25, 0.3) is 0 Å². The Labute approximate surface area is 208 Å². The van der Waals surface area contributed by atoms with Gasteiger partial charge in [0.25, 0.3) is 5.91 Å². The summed E-state index contributed by atoms with van der Waals surface area (Å²) in [6.07, 6.45) is 8.96. The Balaban J connectivity index is 1.58. The van der Waals surface area contributed by atoms with Gasteiger partial charge in [-0.2, -0.15) is 0 Å². The summed E-state index contributed by atoms with van der Waals surface area (Å²) < 4.78 is 6.94. The Hall–Kier alpha value is -2.62. The number of benzene rings is 1. The summed E-state index contributed by atoms with van der Waals surface area (Å²) in [6, 6.07) is 8.18. The van der Waals surface area contributed by atoms with E-state index in [-0.39, 0.29) is 52.9 Å². The summed E-state index contributed by atoms with van der Waals surface area (Å²) in [5, 5.41) is 3.04. The van der Waals surface area contributed by atoms with Gasteiger partial charge in [0, 0.05) is 23.7 Å². The van der Waals surface area contributed by atoms with E-state index < -0.39 is 0 Å². The van der Waals surface area contributed by atoms with E-state index in [2.05, 4.69) is 69.9 Å². The van der Waals surface area contributed by atoms with Crippen LogP contribution in [0.2, 0.25) is 0 Å². The molecule has 1 amide bonds. The van der Waals surface area contributed by atoms with Crippen molar-refractivity contribution in [1.82, 2.24) is 5.32 Å². The number of rotatable bonds is 1. The number of nitrogens with one attached hydrogen (secondary N) is 1. The second-order valence-electron chi connectivity index (χ2n) is 12.3. The van der Waals surface area contributed by atoms with Gasteiger partial charge in [0.1, 0.15) is 11.9 Å². The van der Waals surface area contributed by atoms with Crippen molar-refractivity contribution < 1.29 is 14.3 Å². The van der Waals surface area contributed by atoms with Crippen molar-refractivity contribution in [2.75, 3.05) is 0 Å².